The molecule has 0 aliphatic carbocycles. The summed E-state index contributed by atoms with van der Waals surface area (Å²) in [7, 11) is 0. The molecule has 150 valence electrons. The maximum atomic E-state index is 12.3. The smallest absolute Gasteiger partial charge is 0.255 e. The molecule has 1 atom stereocenters. The van der Waals surface area contributed by atoms with E-state index in [1.807, 2.05) is 6.92 Å². The number of ether oxygens (including phenoxy) is 2. The molecule has 7 nitrogen and oxygen atoms in total. The van der Waals surface area contributed by atoms with Crippen molar-refractivity contribution in [1.82, 2.24) is 5.32 Å². The van der Waals surface area contributed by atoms with Gasteiger partial charge in [-0.15, -0.1) is 12.4 Å². The summed E-state index contributed by atoms with van der Waals surface area (Å²) in [6.07, 6.45) is 0. The number of morpholine rings is 1. The van der Waals surface area contributed by atoms with Gasteiger partial charge in [-0.05, 0) is 55.5 Å². The summed E-state index contributed by atoms with van der Waals surface area (Å²) in [4.78, 5) is 24.5. The van der Waals surface area contributed by atoms with Crippen molar-refractivity contribution < 1.29 is 19.1 Å². The molecule has 0 saturated carbocycles. The van der Waals surface area contributed by atoms with Crippen LogP contribution in [0.5, 0.6) is 5.75 Å². The van der Waals surface area contributed by atoms with Crippen LogP contribution in [0.15, 0.2) is 48.5 Å². The van der Waals surface area contributed by atoms with Crippen molar-refractivity contribution in [2.24, 2.45) is 0 Å². The Kier molecular flexibility index (Phi) is 8.25. The third-order valence-corrected chi connectivity index (χ3v) is 4.08. The van der Waals surface area contributed by atoms with Crippen molar-refractivity contribution in [3.05, 3.63) is 54.1 Å². The van der Waals surface area contributed by atoms with Gasteiger partial charge in [0.25, 0.3) is 5.91 Å². The zero-order valence-corrected chi connectivity index (χ0v) is 16.4. The lowest BCUT2D eigenvalue weighted by molar-refractivity contribution is -0.120. The van der Waals surface area contributed by atoms with Gasteiger partial charge in [-0.3, -0.25) is 9.59 Å². The number of carbonyl (C=O) groups excluding carboxylic acids is 2. The molecule has 0 spiro atoms. The molecule has 1 aliphatic heterocycles. The Morgan fingerprint density at radius 1 is 1.07 bits per heavy atom. The van der Waals surface area contributed by atoms with Crippen molar-refractivity contribution in [3.8, 4) is 5.75 Å². The second-order valence-corrected chi connectivity index (χ2v) is 6.06. The molecular weight excluding hydrogens is 382 g/mol. The Hall–Kier alpha value is -2.61. The molecule has 1 aliphatic rings. The van der Waals surface area contributed by atoms with Crippen LogP contribution in [0.25, 0.3) is 0 Å². The zero-order valence-electron chi connectivity index (χ0n) is 15.6. The Bertz CT molecular complexity index is 775. The summed E-state index contributed by atoms with van der Waals surface area (Å²) in [5, 5.41) is 8.75. The number of hydrogen-bond donors (Lipinski definition) is 3. The van der Waals surface area contributed by atoms with E-state index in [2.05, 4.69) is 16.0 Å². The Balaban J connectivity index is 0.00000280. The first kappa shape index (κ1) is 21.7. The van der Waals surface area contributed by atoms with E-state index < -0.39 is 0 Å². The highest BCUT2D eigenvalue weighted by Gasteiger charge is 2.21. The van der Waals surface area contributed by atoms with Gasteiger partial charge in [0.15, 0.2) is 0 Å². The second kappa shape index (κ2) is 10.7. The van der Waals surface area contributed by atoms with Gasteiger partial charge in [0.1, 0.15) is 11.8 Å². The van der Waals surface area contributed by atoms with Crippen LogP contribution in [-0.2, 0) is 9.53 Å². The standard InChI is InChI=1S/C20H23N3O4.ClH/c1-2-27-17-9-7-16(8-10-17)22-19(24)14-3-5-15(6-4-14)23-20(25)18-13-26-12-11-21-18;/h3-10,18,21H,2,11-13H2,1H3,(H,22,24)(H,23,25);1H. The number of nitrogens with one attached hydrogen (secondary N) is 3. The quantitative estimate of drug-likeness (QED) is 0.687. The first-order valence-corrected chi connectivity index (χ1v) is 8.92. The number of benzene rings is 2. The number of halogens is 1. The molecule has 0 aromatic heterocycles. The number of amides is 2. The van der Waals surface area contributed by atoms with E-state index in [0.29, 0.717) is 43.3 Å². The average Bonchev–Trinajstić information content (AvgIpc) is 2.71. The van der Waals surface area contributed by atoms with E-state index in [0.717, 1.165) is 5.75 Å². The van der Waals surface area contributed by atoms with Crippen LogP contribution < -0.4 is 20.7 Å². The fourth-order valence-electron chi connectivity index (χ4n) is 2.67. The molecule has 8 heteroatoms. The van der Waals surface area contributed by atoms with E-state index >= 15 is 0 Å². The maximum absolute atomic E-state index is 12.3. The molecule has 0 radical (unpaired) electrons. The number of hydrogen-bond acceptors (Lipinski definition) is 5. The largest absolute Gasteiger partial charge is 0.494 e. The molecule has 1 fully saturated rings. The van der Waals surface area contributed by atoms with Gasteiger partial charge in [-0.2, -0.15) is 0 Å². The van der Waals surface area contributed by atoms with E-state index in [1.165, 1.54) is 0 Å². The van der Waals surface area contributed by atoms with Crippen molar-refractivity contribution in [2.45, 2.75) is 13.0 Å². The Morgan fingerprint density at radius 3 is 2.32 bits per heavy atom. The summed E-state index contributed by atoms with van der Waals surface area (Å²) < 4.78 is 10.7. The third-order valence-electron chi connectivity index (χ3n) is 4.08. The lowest BCUT2D eigenvalue weighted by Gasteiger charge is -2.22. The molecule has 2 aromatic carbocycles. The number of anilines is 2. The van der Waals surface area contributed by atoms with Gasteiger partial charge >= 0.3 is 0 Å². The molecule has 0 bridgehead atoms. The van der Waals surface area contributed by atoms with E-state index in [9.17, 15) is 9.59 Å². The lowest BCUT2D eigenvalue weighted by atomic mass is 10.1. The fourth-order valence-corrected chi connectivity index (χ4v) is 2.67. The molecule has 1 unspecified atom stereocenters. The number of rotatable bonds is 6. The highest BCUT2D eigenvalue weighted by molar-refractivity contribution is 6.04. The second-order valence-electron chi connectivity index (χ2n) is 6.06. The molecule has 28 heavy (non-hydrogen) atoms. The minimum absolute atomic E-state index is 0. The van der Waals surface area contributed by atoms with Gasteiger partial charge in [0.05, 0.1) is 19.8 Å². The van der Waals surface area contributed by atoms with Crippen LogP contribution in [0.2, 0.25) is 0 Å². The molecule has 2 amide bonds. The highest BCUT2D eigenvalue weighted by atomic mass is 35.5. The first-order valence-electron chi connectivity index (χ1n) is 8.92. The van der Waals surface area contributed by atoms with Crippen LogP contribution >= 0.6 is 12.4 Å². The van der Waals surface area contributed by atoms with Gasteiger partial charge in [0, 0.05) is 23.5 Å². The fraction of sp³-hybridized carbons (Fsp3) is 0.300. The lowest BCUT2D eigenvalue weighted by Crippen LogP contribution is -2.48. The summed E-state index contributed by atoms with van der Waals surface area (Å²) in [5.41, 5.74) is 1.82. The molecule has 3 N–H and O–H groups in total. The third kappa shape index (κ3) is 5.95. The number of carbonyl (C=O) groups is 2. The Morgan fingerprint density at radius 2 is 1.71 bits per heavy atom. The van der Waals surface area contributed by atoms with Gasteiger partial charge in [-0.1, -0.05) is 0 Å². The van der Waals surface area contributed by atoms with Crippen LogP contribution in [0.1, 0.15) is 17.3 Å². The van der Waals surface area contributed by atoms with Gasteiger partial charge < -0.3 is 25.4 Å². The minimum Gasteiger partial charge on any atom is -0.494 e. The van der Waals surface area contributed by atoms with Crippen LogP contribution in [-0.4, -0.2) is 44.2 Å². The summed E-state index contributed by atoms with van der Waals surface area (Å²) >= 11 is 0. The summed E-state index contributed by atoms with van der Waals surface area (Å²) in [6.45, 7) is 4.14. The summed E-state index contributed by atoms with van der Waals surface area (Å²) in [5.74, 6) is 0.383. The van der Waals surface area contributed by atoms with Crippen LogP contribution in [0.3, 0.4) is 0 Å². The minimum atomic E-state index is -0.360. The average molecular weight is 406 g/mol. The monoisotopic (exact) mass is 405 g/mol. The predicted molar refractivity (Wildman–Crippen MR) is 110 cm³/mol. The normalized spacial score (nSPS) is 15.8. The maximum Gasteiger partial charge on any atom is 0.255 e. The molecular formula is C20H24ClN3O4. The molecule has 2 aromatic rings. The van der Waals surface area contributed by atoms with E-state index in [1.54, 1.807) is 48.5 Å². The molecule has 3 rings (SSSR count). The van der Waals surface area contributed by atoms with Gasteiger partial charge in [-0.25, -0.2) is 0 Å². The molecule has 1 heterocycles. The highest BCUT2D eigenvalue weighted by Crippen LogP contribution is 2.17. The van der Waals surface area contributed by atoms with Crippen molar-refractivity contribution in [3.63, 3.8) is 0 Å². The zero-order chi connectivity index (χ0) is 19.1. The van der Waals surface area contributed by atoms with Gasteiger partial charge in [0.2, 0.25) is 5.91 Å². The van der Waals surface area contributed by atoms with Crippen LogP contribution in [0, 0.1) is 0 Å². The van der Waals surface area contributed by atoms with Crippen molar-refractivity contribution >= 4 is 35.6 Å². The van der Waals surface area contributed by atoms with Crippen molar-refractivity contribution in [1.29, 1.82) is 0 Å². The van der Waals surface area contributed by atoms with Crippen LogP contribution in [0.4, 0.5) is 11.4 Å². The molecule has 1 saturated heterocycles. The summed E-state index contributed by atoms with van der Waals surface area (Å²) in [6, 6.07) is 13.6. The van der Waals surface area contributed by atoms with E-state index in [4.69, 9.17) is 9.47 Å². The topological polar surface area (TPSA) is 88.7 Å². The van der Waals surface area contributed by atoms with E-state index in [-0.39, 0.29) is 30.3 Å². The Labute approximate surface area is 170 Å². The predicted octanol–water partition coefficient (Wildman–Crippen LogP) is 2.69. The first-order chi connectivity index (χ1) is 13.2. The van der Waals surface area contributed by atoms with Crippen molar-refractivity contribution in [2.75, 3.05) is 37.0 Å². The SMILES string of the molecule is CCOc1ccc(NC(=O)c2ccc(NC(=O)C3COCCN3)cc2)cc1.Cl.